The minimum atomic E-state index is -0.172. The quantitative estimate of drug-likeness (QED) is 0.690. The van der Waals surface area contributed by atoms with E-state index in [1.807, 2.05) is 0 Å². The number of carbonyl (C=O) groups is 2. The Morgan fingerprint density at radius 2 is 1.60 bits per heavy atom. The molecular formula is C17H15BrCl2N2O3. The zero-order chi connectivity index (χ0) is 18.0. The third kappa shape index (κ3) is 4.19. The molecule has 1 aromatic heterocycles. The van der Waals surface area contributed by atoms with Crippen LogP contribution in [-0.4, -0.2) is 47.8 Å². The number of rotatable bonds is 2. The van der Waals surface area contributed by atoms with Crippen molar-refractivity contribution < 1.29 is 14.0 Å². The van der Waals surface area contributed by atoms with E-state index in [9.17, 15) is 9.59 Å². The van der Waals surface area contributed by atoms with Crippen molar-refractivity contribution >= 4 is 50.9 Å². The molecule has 25 heavy (non-hydrogen) atoms. The van der Waals surface area contributed by atoms with Crippen molar-refractivity contribution in [2.24, 2.45) is 0 Å². The molecule has 8 heteroatoms. The van der Waals surface area contributed by atoms with Gasteiger partial charge in [0.25, 0.3) is 11.8 Å². The number of hydrogen-bond donors (Lipinski definition) is 0. The maximum absolute atomic E-state index is 12.7. The minimum absolute atomic E-state index is 0.117. The highest BCUT2D eigenvalue weighted by Crippen LogP contribution is 2.24. The topological polar surface area (TPSA) is 53.8 Å². The van der Waals surface area contributed by atoms with E-state index < -0.39 is 0 Å². The molecular weight excluding hydrogens is 431 g/mol. The third-order valence-electron chi connectivity index (χ3n) is 4.02. The molecule has 0 unspecified atom stereocenters. The van der Waals surface area contributed by atoms with Gasteiger partial charge in [0.1, 0.15) is 0 Å². The summed E-state index contributed by atoms with van der Waals surface area (Å²) in [5.41, 5.74) is 0.490. The SMILES string of the molecule is O=C(c1ccc(Cl)c(Cl)c1)N1CCCN(C(=O)c2ccc(Br)o2)CC1. The van der Waals surface area contributed by atoms with Crippen LogP contribution in [0.2, 0.25) is 10.0 Å². The Kier molecular flexibility index (Phi) is 5.71. The van der Waals surface area contributed by atoms with Crippen LogP contribution in [0.1, 0.15) is 27.3 Å². The zero-order valence-corrected chi connectivity index (χ0v) is 16.3. The molecule has 0 spiro atoms. The predicted molar refractivity (Wildman–Crippen MR) is 99.3 cm³/mol. The standard InChI is InChI=1S/C17H15BrCl2N2O3/c18-15-5-4-14(25-15)17(24)22-7-1-6-21(8-9-22)16(23)11-2-3-12(19)13(20)10-11/h2-5,10H,1,6-9H2. The van der Waals surface area contributed by atoms with Gasteiger partial charge < -0.3 is 14.2 Å². The first-order valence-corrected chi connectivity index (χ1v) is 9.29. The number of furan rings is 1. The highest BCUT2D eigenvalue weighted by molar-refractivity contribution is 9.10. The predicted octanol–water partition coefficient (Wildman–Crippen LogP) is 4.34. The molecule has 1 aliphatic rings. The van der Waals surface area contributed by atoms with E-state index in [0.29, 0.717) is 52.9 Å². The lowest BCUT2D eigenvalue weighted by atomic mass is 10.2. The zero-order valence-electron chi connectivity index (χ0n) is 13.2. The molecule has 5 nitrogen and oxygen atoms in total. The van der Waals surface area contributed by atoms with Crippen molar-refractivity contribution in [2.75, 3.05) is 26.2 Å². The largest absolute Gasteiger partial charge is 0.444 e. The van der Waals surface area contributed by atoms with Crippen LogP contribution in [0.25, 0.3) is 0 Å². The van der Waals surface area contributed by atoms with E-state index in [-0.39, 0.29) is 17.6 Å². The van der Waals surface area contributed by atoms with Crippen LogP contribution in [0.4, 0.5) is 0 Å². The summed E-state index contributed by atoms with van der Waals surface area (Å²) in [4.78, 5) is 28.6. The highest BCUT2D eigenvalue weighted by Gasteiger charge is 2.25. The normalized spacial score (nSPS) is 15.2. The molecule has 132 valence electrons. The second-order valence-corrected chi connectivity index (χ2v) is 7.27. The minimum Gasteiger partial charge on any atom is -0.444 e. The fourth-order valence-corrected chi connectivity index (χ4v) is 3.33. The second-order valence-electron chi connectivity index (χ2n) is 5.67. The summed E-state index contributed by atoms with van der Waals surface area (Å²) in [6.07, 6.45) is 0.695. The molecule has 2 amide bonds. The first-order chi connectivity index (χ1) is 12.0. The Morgan fingerprint density at radius 3 is 2.20 bits per heavy atom. The van der Waals surface area contributed by atoms with Crippen LogP contribution >= 0.6 is 39.1 Å². The van der Waals surface area contributed by atoms with Gasteiger partial charge in [-0.2, -0.15) is 0 Å². The second kappa shape index (κ2) is 7.81. The highest BCUT2D eigenvalue weighted by atomic mass is 79.9. The van der Waals surface area contributed by atoms with Crippen LogP contribution in [-0.2, 0) is 0 Å². The molecule has 0 atom stereocenters. The molecule has 0 N–H and O–H groups in total. The van der Waals surface area contributed by atoms with Gasteiger partial charge in [0.15, 0.2) is 10.4 Å². The Labute approximate surface area is 163 Å². The summed E-state index contributed by atoms with van der Waals surface area (Å²) in [7, 11) is 0. The van der Waals surface area contributed by atoms with Gasteiger partial charge in [-0.15, -0.1) is 0 Å². The van der Waals surface area contributed by atoms with Gasteiger partial charge in [0, 0.05) is 31.7 Å². The smallest absolute Gasteiger partial charge is 0.289 e. The van der Waals surface area contributed by atoms with Crippen LogP contribution in [0.5, 0.6) is 0 Å². The molecule has 2 aromatic rings. The Hall–Kier alpha value is -1.50. The average molecular weight is 446 g/mol. The molecule has 1 fully saturated rings. The van der Waals surface area contributed by atoms with Crippen LogP contribution in [0, 0.1) is 0 Å². The molecule has 1 aromatic carbocycles. The number of carbonyl (C=O) groups excluding carboxylic acids is 2. The number of nitrogens with zero attached hydrogens (tertiary/aromatic N) is 2. The maximum atomic E-state index is 12.7. The molecule has 0 radical (unpaired) electrons. The van der Waals surface area contributed by atoms with Crippen molar-refractivity contribution in [2.45, 2.75) is 6.42 Å². The Balaban J connectivity index is 1.67. The lowest BCUT2D eigenvalue weighted by Gasteiger charge is -2.22. The molecule has 3 rings (SSSR count). The van der Waals surface area contributed by atoms with Gasteiger partial charge in [0.05, 0.1) is 10.0 Å². The van der Waals surface area contributed by atoms with Gasteiger partial charge >= 0.3 is 0 Å². The van der Waals surface area contributed by atoms with Gasteiger partial charge in [0.2, 0.25) is 0 Å². The van der Waals surface area contributed by atoms with Gasteiger partial charge in [-0.1, -0.05) is 23.2 Å². The number of halogens is 3. The molecule has 0 bridgehead atoms. The van der Waals surface area contributed by atoms with E-state index in [1.165, 1.54) is 0 Å². The third-order valence-corrected chi connectivity index (χ3v) is 5.19. The summed E-state index contributed by atoms with van der Waals surface area (Å²) >= 11 is 15.1. The van der Waals surface area contributed by atoms with Gasteiger partial charge in [-0.3, -0.25) is 9.59 Å². The first kappa shape index (κ1) is 18.3. The molecule has 1 aliphatic heterocycles. The van der Waals surface area contributed by atoms with Crippen LogP contribution in [0.15, 0.2) is 39.4 Å². The summed E-state index contributed by atoms with van der Waals surface area (Å²) in [6.45, 7) is 2.05. The average Bonchev–Trinajstić information content (AvgIpc) is 2.89. The van der Waals surface area contributed by atoms with E-state index in [2.05, 4.69) is 15.9 Å². The van der Waals surface area contributed by atoms with Crippen molar-refractivity contribution in [1.29, 1.82) is 0 Å². The molecule has 0 aliphatic carbocycles. The fourth-order valence-electron chi connectivity index (χ4n) is 2.72. The summed E-state index contributed by atoms with van der Waals surface area (Å²) < 4.78 is 5.84. The fraction of sp³-hybridized carbons (Fsp3) is 0.294. The summed E-state index contributed by atoms with van der Waals surface area (Å²) in [5.74, 6) is -0.000667. The molecule has 1 saturated heterocycles. The monoisotopic (exact) mass is 444 g/mol. The van der Waals surface area contributed by atoms with Crippen molar-refractivity contribution in [3.8, 4) is 0 Å². The lowest BCUT2D eigenvalue weighted by Crippen LogP contribution is -2.37. The maximum Gasteiger partial charge on any atom is 0.289 e. The molecule has 2 heterocycles. The van der Waals surface area contributed by atoms with E-state index in [4.69, 9.17) is 27.6 Å². The van der Waals surface area contributed by atoms with Crippen molar-refractivity contribution in [1.82, 2.24) is 9.80 Å². The van der Waals surface area contributed by atoms with Crippen LogP contribution < -0.4 is 0 Å². The first-order valence-electron chi connectivity index (χ1n) is 7.74. The van der Waals surface area contributed by atoms with Crippen molar-refractivity contribution in [3.63, 3.8) is 0 Å². The Bertz CT molecular complexity index is 809. The van der Waals surface area contributed by atoms with E-state index in [0.717, 1.165) is 0 Å². The van der Waals surface area contributed by atoms with Gasteiger partial charge in [-0.25, -0.2) is 0 Å². The summed E-state index contributed by atoms with van der Waals surface area (Å²) in [5, 5.41) is 0.762. The van der Waals surface area contributed by atoms with Crippen molar-refractivity contribution in [3.05, 3.63) is 56.4 Å². The lowest BCUT2D eigenvalue weighted by molar-refractivity contribution is 0.0699. The van der Waals surface area contributed by atoms with E-state index in [1.54, 1.807) is 40.1 Å². The van der Waals surface area contributed by atoms with Gasteiger partial charge in [-0.05, 0) is 52.7 Å². The number of hydrogen-bond acceptors (Lipinski definition) is 3. The van der Waals surface area contributed by atoms with Crippen LogP contribution in [0.3, 0.4) is 0 Å². The van der Waals surface area contributed by atoms with E-state index >= 15 is 0 Å². The summed E-state index contributed by atoms with van der Waals surface area (Å²) in [6, 6.07) is 8.16. The number of amides is 2. The number of benzene rings is 1. The molecule has 0 saturated carbocycles. The Morgan fingerprint density at radius 1 is 0.920 bits per heavy atom.